The summed E-state index contributed by atoms with van der Waals surface area (Å²) < 4.78 is 41.4. The third-order valence-electron chi connectivity index (χ3n) is 5.54. The molecule has 0 bridgehead atoms. The van der Waals surface area contributed by atoms with Crippen molar-refractivity contribution in [2.45, 2.75) is 40.0 Å². The summed E-state index contributed by atoms with van der Waals surface area (Å²) in [6.45, 7) is 7.21. The monoisotopic (exact) mass is 407 g/mol. The van der Waals surface area contributed by atoms with Crippen LogP contribution in [0.1, 0.15) is 37.9 Å². The summed E-state index contributed by atoms with van der Waals surface area (Å²) in [6.07, 6.45) is 1.40. The molecule has 1 saturated heterocycles. The van der Waals surface area contributed by atoms with Crippen molar-refractivity contribution in [2.75, 3.05) is 23.7 Å². The lowest BCUT2D eigenvalue weighted by Crippen LogP contribution is -2.38. The number of carboxylic acid groups (broad SMARTS) is 1. The number of nitrogens with two attached hydrogens (primary N) is 1. The van der Waals surface area contributed by atoms with Crippen LogP contribution < -0.4 is 10.6 Å². The molecule has 3 rings (SSSR count). The first-order chi connectivity index (χ1) is 13.5. The molecule has 2 heterocycles. The Balaban J connectivity index is 2.26. The second-order valence-electron chi connectivity index (χ2n) is 8.26. The van der Waals surface area contributed by atoms with Gasteiger partial charge in [0, 0.05) is 29.9 Å². The first-order valence-corrected chi connectivity index (χ1v) is 9.41. The molecular weight excluding hydrogens is 383 g/mol. The van der Waals surface area contributed by atoms with Crippen molar-refractivity contribution < 1.29 is 23.1 Å². The molecule has 8 heteroatoms. The number of halogens is 3. The van der Waals surface area contributed by atoms with Crippen molar-refractivity contribution in [3.8, 4) is 11.1 Å². The summed E-state index contributed by atoms with van der Waals surface area (Å²) >= 11 is 0. The fourth-order valence-corrected chi connectivity index (χ4v) is 3.78. The largest absolute Gasteiger partial charge is 0.481 e. The Kier molecular flexibility index (Phi) is 5.47. The second kappa shape index (κ2) is 7.57. The van der Waals surface area contributed by atoms with E-state index >= 15 is 0 Å². The van der Waals surface area contributed by atoms with Crippen LogP contribution in [-0.2, 0) is 11.2 Å². The van der Waals surface area contributed by atoms with E-state index in [4.69, 9.17) is 5.73 Å². The molecule has 0 spiro atoms. The van der Waals surface area contributed by atoms with Crippen LogP contribution in [0, 0.1) is 29.8 Å². The first-order valence-electron chi connectivity index (χ1n) is 9.41. The van der Waals surface area contributed by atoms with E-state index in [9.17, 15) is 23.1 Å². The maximum absolute atomic E-state index is 13.9. The van der Waals surface area contributed by atoms with Gasteiger partial charge in [0.1, 0.15) is 5.82 Å². The lowest BCUT2D eigenvalue weighted by atomic mass is 9.82. The van der Waals surface area contributed by atoms with Crippen molar-refractivity contribution in [2.24, 2.45) is 5.41 Å². The van der Waals surface area contributed by atoms with Gasteiger partial charge < -0.3 is 15.7 Å². The third-order valence-corrected chi connectivity index (χ3v) is 5.54. The van der Waals surface area contributed by atoms with Gasteiger partial charge in [-0.15, -0.1) is 0 Å². The van der Waals surface area contributed by atoms with Gasteiger partial charge in [-0.2, -0.15) is 0 Å². The zero-order valence-corrected chi connectivity index (χ0v) is 16.7. The maximum atomic E-state index is 13.9. The minimum Gasteiger partial charge on any atom is -0.481 e. The SMILES string of the molecule is Cc1nc(N)c(-c2cc(F)c(F)c(F)c2)c(N2CCC(C)(C)CC2)c1CC(=O)O. The predicted molar refractivity (Wildman–Crippen MR) is 105 cm³/mol. The van der Waals surface area contributed by atoms with Crippen LogP contribution in [-0.4, -0.2) is 29.1 Å². The van der Waals surface area contributed by atoms with Crippen LogP contribution in [0.2, 0.25) is 0 Å². The van der Waals surface area contributed by atoms with E-state index in [1.54, 1.807) is 6.92 Å². The molecule has 0 saturated carbocycles. The Morgan fingerprint density at radius 2 is 1.76 bits per heavy atom. The van der Waals surface area contributed by atoms with E-state index in [2.05, 4.69) is 18.8 Å². The maximum Gasteiger partial charge on any atom is 0.307 e. The normalized spacial score (nSPS) is 16.1. The molecule has 0 amide bonds. The Hall–Kier alpha value is -2.77. The average molecular weight is 407 g/mol. The minimum atomic E-state index is -1.57. The van der Waals surface area contributed by atoms with Crippen LogP contribution in [0.4, 0.5) is 24.7 Å². The van der Waals surface area contributed by atoms with E-state index in [0.717, 1.165) is 25.0 Å². The number of hydrogen-bond acceptors (Lipinski definition) is 4. The number of aromatic nitrogens is 1. The highest BCUT2D eigenvalue weighted by Crippen LogP contribution is 2.43. The molecule has 0 aliphatic carbocycles. The van der Waals surface area contributed by atoms with Gasteiger partial charge in [0.25, 0.3) is 0 Å². The Labute approximate surface area is 167 Å². The molecule has 0 radical (unpaired) electrons. The van der Waals surface area contributed by atoms with Gasteiger partial charge in [0.2, 0.25) is 0 Å². The summed E-state index contributed by atoms with van der Waals surface area (Å²) in [6, 6.07) is 1.73. The molecule has 1 fully saturated rings. The third kappa shape index (κ3) is 4.16. The average Bonchev–Trinajstić information content (AvgIpc) is 2.61. The molecule has 2 aromatic rings. The Morgan fingerprint density at radius 1 is 1.21 bits per heavy atom. The number of aliphatic carboxylic acids is 1. The Bertz CT molecular complexity index is 943. The van der Waals surface area contributed by atoms with Crippen LogP contribution >= 0.6 is 0 Å². The number of carbonyl (C=O) groups is 1. The summed E-state index contributed by atoms with van der Waals surface area (Å²) in [5.74, 6) is -5.29. The summed E-state index contributed by atoms with van der Waals surface area (Å²) in [5, 5.41) is 9.41. The van der Waals surface area contributed by atoms with Gasteiger partial charge in [0.05, 0.1) is 12.1 Å². The minimum absolute atomic E-state index is 0.0156. The second-order valence-corrected chi connectivity index (χ2v) is 8.26. The molecule has 156 valence electrons. The van der Waals surface area contributed by atoms with Gasteiger partial charge in [-0.05, 0) is 42.9 Å². The van der Waals surface area contributed by atoms with Crippen LogP contribution in [0.15, 0.2) is 12.1 Å². The molecule has 0 unspecified atom stereocenters. The van der Waals surface area contributed by atoms with Crippen LogP contribution in [0.5, 0.6) is 0 Å². The van der Waals surface area contributed by atoms with E-state index in [1.165, 1.54) is 0 Å². The quantitative estimate of drug-likeness (QED) is 0.739. The van der Waals surface area contributed by atoms with E-state index in [1.807, 2.05) is 4.90 Å². The number of rotatable bonds is 4. The molecule has 1 aliphatic rings. The zero-order chi connectivity index (χ0) is 21.5. The molecule has 29 heavy (non-hydrogen) atoms. The smallest absolute Gasteiger partial charge is 0.307 e. The number of nitrogens with zero attached hydrogens (tertiary/aromatic N) is 2. The number of carboxylic acids is 1. The van der Waals surface area contributed by atoms with Crippen molar-refractivity contribution in [3.63, 3.8) is 0 Å². The van der Waals surface area contributed by atoms with E-state index in [0.29, 0.717) is 30.0 Å². The Morgan fingerprint density at radius 3 is 2.28 bits per heavy atom. The van der Waals surface area contributed by atoms with Crippen molar-refractivity contribution in [3.05, 3.63) is 40.8 Å². The van der Waals surface area contributed by atoms with E-state index in [-0.39, 0.29) is 28.8 Å². The lowest BCUT2D eigenvalue weighted by molar-refractivity contribution is -0.136. The molecule has 1 aromatic carbocycles. The highest BCUT2D eigenvalue weighted by molar-refractivity contribution is 5.90. The zero-order valence-electron chi connectivity index (χ0n) is 16.7. The number of hydrogen-bond donors (Lipinski definition) is 2. The fourth-order valence-electron chi connectivity index (χ4n) is 3.78. The molecule has 3 N–H and O–H groups in total. The number of pyridine rings is 1. The van der Waals surface area contributed by atoms with Crippen molar-refractivity contribution in [1.29, 1.82) is 0 Å². The number of aryl methyl sites for hydroxylation is 1. The molecule has 0 atom stereocenters. The summed E-state index contributed by atoms with van der Waals surface area (Å²) in [4.78, 5) is 17.7. The number of piperidine rings is 1. The highest BCUT2D eigenvalue weighted by atomic mass is 19.2. The topological polar surface area (TPSA) is 79.5 Å². The van der Waals surface area contributed by atoms with Gasteiger partial charge in [-0.1, -0.05) is 13.8 Å². The first kappa shape index (κ1) is 21.0. The fraction of sp³-hybridized carbons (Fsp3) is 0.429. The predicted octanol–water partition coefficient (Wildman–Crippen LogP) is 4.31. The van der Waals surface area contributed by atoms with Crippen molar-refractivity contribution >= 4 is 17.5 Å². The summed E-state index contributed by atoms with van der Waals surface area (Å²) in [7, 11) is 0. The van der Waals surface area contributed by atoms with Gasteiger partial charge >= 0.3 is 5.97 Å². The van der Waals surface area contributed by atoms with Crippen LogP contribution in [0.3, 0.4) is 0 Å². The highest BCUT2D eigenvalue weighted by Gasteiger charge is 2.31. The van der Waals surface area contributed by atoms with E-state index < -0.39 is 23.4 Å². The number of anilines is 2. The van der Waals surface area contributed by atoms with Gasteiger partial charge in [-0.25, -0.2) is 18.2 Å². The summed E-state index contributed by atoms with van der Waals surface area (Å²) in [5.41, 5.74) is 7.89. The lowest BCUT2D eigenvalue weighted by Gasteiger charge is -2.40. The molecule has 1 aromatic heterocycles. The number of nitrogen functional groups attached to an aromatic ring is 1. The molecule has 5 nitrogen and oxygen atoms in total. The number of benzene rings is 1. The van der Waals surface area contributed by atoms with Crippen molar-refractivity contribution in [1.82, 2.24) is 4.98 Å². The van der Waals surface area contributed by atoms with Crippen LogP contribution in [0.25, 0.3) is 11.1 Å². The standard InChI is InChI=1S/C21H24F3N3O2/c1-11-13(10-16(28)29)19(27-6-4-21(2,3)5-7-27)17(20(25)26-11)12-8-14(22)18(24)15(23)9-12/h8-9H,4-7,10H2,1-3H3,(H2,25,26)(H,28,29). The van der Waals surface area contributed by atoms with Gasteiger partial charge in [0.15, 0.2) is 17.5 Å². The van der Waals surface area contributed by atoms with Gasteiger partial charge in [-0.3, -0.25) is 4.79 Å². The molecular formula is C21H24F3N3O2. The molecule has 1 aliphatic heterocycles.